The molecular weight excluding hydrogens is 370 g/mol. The van der Waals surface area contributed by atoms with Gasteiger partial charge >= 0.3 is 0 Å². The molecule has 4 rings (SSSR count). The van der Waals surface area contributed by atoms with Crippen molar-refractivity contribution in [2.24, 2.45) is 0 Å². The molecule has 0 fully saturated rings. The van der Waals surface area contributed by atoms with Crippen LogP contribution in [0.3, 0.4) is 0 Å². The van der Waals surface area contributed by atoms with Crippen LogP contribution in [0.4, 0.5) is 5.69 Å². The summed E-state index contributed by atoms with van der Waals surface area (Å²) in [5, 5.41) is 10.8. The van der Waals surface area contributed by atoms with Crippen molar-refractivity contribution in [2.75, 3.05) is 7.11 Å². The van der Waals surface area contributed by atoms with E-state index in [0.29, 0.717) is 18.2 Å². The highest BCUT2D eigenvalue weighted by Crippen LogP contribution is 2.26. The molecule has 7 heteroatoms. The maximum atomic E-state index is 10.8. The summed E-state index contributed by atoms with van der Waals surface area (Å²) in [6.07, 6.45) is 5.56. The van der Waals surface area contributed by atoms with Gasteiger partial charge in [0.15, 0.2) is 24.7 Å². The summed E-state index contributed by atoms with van der Waals surface area (Å²) in [5.74, 6) is 1.98. The van der Waals surface area contributed by atoms with Gasteiger partial charge in [-0.25, -0.2) is 4.98 Å². The number of aromatic nitrogens is 2. The van der Waals surface area contributed by atoms with Crippen LogP contribution in [0.5, 0.6) is 5.75 Å². The predicted octanol–water partition coefficient (Wildman–Crippen LogP) is 4.26. The molecule has 0 bridgehead atoms. The van der Waals surface area contributed by atoms with Crippen molar-refractivity contribution in [1.29, 1.82) is 0 Å². The van der Waals surface area contributed by atoms with Gasteiger partial charge < -0.3 is 9.15 Å². The molecule has 0 amide bonds. The second kappa shape index (κ2) is 7.93. The minimum atomic E-state index is -0.402. The molecule has 0 aliphatic heterocycles. The van der Waals surface area contributed by atoms with Gasteiger partial charge in [-0.05, 0) is 42.5 Å². The Balaban J connectivity index is 1.54. The Morgan fingerprint density at radius 1 is 1.07 bits per heavy atom. The van der Waals surface area contributed by atoms with Crippen LogP contribution in [-0.2, 0) is 6.54 Å². The Bertz CT molecular complexity index is 1140. The number of nitro groups is 1. The molecule has 2 aromatic heterocycles. The van der Waals surface area contributed by atoms with Gasteiger partial charge in [0.2, 0.25) is 5.89 Å². The van der Waals surface area contributed by atoms with Crippen LogP contribution >= 0.6 is 0 Å². The summed E-state index contributed by atoms with van der Waals surface area (Å²) in [5.41, 5.74) is 2.80. The molecule has 0 aliphatic carbocycles. The molecule has 0 saturated carbocycles. The molecule has 7 nitrogen and oxygen atoms in total. The maximum absolute atomic E-state index is 10.8. The van der Waals surface area contributed by atoms with Crippen LogP contribution in [0.1, 0.15) is 5.56 Å². The van der Waals surface area contributed by atoms with Crippen LogP contribution in [0, 0.1) is 10.1 Å². The molecule has 0 spiro atoms. The van der Waals surface area contributed by atoms with Crippen molar-refractivity contribution < 1.29 is 18.6 Å². The van der Waals surface area contributed by atoms with Crippen molar-refractivity contribution in [3.05, 3.63) is 94.9 Å². The second-order valence-corrected chi connectivity index (χ2v) is 6.45. The molecule has 0 saturated heterocycles. The van der Waals surface area contributed by atoms with Crippen molar-refractivity contribution in [2.45, 2.75) is 6.54 Å². The third kappa shape index (κ3) is 4.14. The van der Waals surface area contributed by atoms with E-state index in [1.54, 1.807) is 25.4 Å². The van der Waals surface area contributed by atoms with Crippen LogP contribution < -0.4 is 9.30 Å². The fraction of sp³-hybridized carbons (Fsp3) is 0.0909. The number of non-ortho nitro benzene ring substituents is 1. The zero-order chi connectivity index (χ0) is 20.2. The fourth-order valence-electron chi connectivity index (χ4n) is 2.98. The van der Waals surface area contributed by atoms with E-state index in [2.05, 4.69) is 4.98 Å². The molecular formula is C22H18N3O4+. The minimum Gasteiger partial charge on any atom is -0.497 e. The standard InChI is InChI=1S/C22H18N3O4/c1-28-20-10-6-17(7-11-20)21-13-23-22(29-21)18-3-2-12-24(15-18)14-16-4-8-19(9-5-16)25(26)27/h2-13,15H,14H2,1H3/q+1. The normalized spacial score (nSPS) is 10.7. The number of nitrogens with zero attached hydrogens (tertiary/aromatic N) is 3. The first-order chi connectivity index (χ1) is 14.1. The molecule has 2 heterocycles. The van der Waals surface area contributed by atoms with Gasteiger partial charge in [0.25, 0.3) is 5.69 Å². The number of ether oxygens (including phenoxy) is 1. The van der Waals surface area contributed by atoms with Gasteiger partial charge in [-0.15, -0.1) is 0 Å². The smallest absolute Gasteiger partial charge is 0.269 e. The number of methoxy groups -OCH3 is 1. The van der Waals surface area contributed by atoms with Crippen molar-refractivity contribution in [1.82, 2.24) is 4.98 Å². The highest BCUT2D eigenvalue weighted by atomic mass is 16.6. The average molecular weight is 388 g/mol. The van der Waals surface area contributed by atoms with Gasteiger partial charge in [0.05, 0.1) is 18.2 Å². The van der Waals surface area contributed by atoms with E-state index in [0.717, 1.165) is 22.4 Å². The monoisotopic (exact) mass is 388 g/mol. The van der Waals surface area contributed by atoms with Crippen LogP contribution in [0.2, 0.25) is 0 Å². The number of hydrogen-bond donors (Lipinski definition) is 0. The summed E-state index contributed by atoms with van der Waals surface area (Å²) in [6.45, 7) is 0.581. The lowest BCUT2D eigenvalue weighted by atomic mass is 10.2. The van der Waals surface area contributed by atoms with Crippen LogP contribution in [-0.4, -0.2) is 17.0 Å². The SMILES string of the molecule is COc1ccc(-c2cnc(-c3ccc[n+](Cc4ccc([N+](=O)[O-])cc4)c3)o2)cc1. The Morgan fingerprint density at radius 2 is 1.83 bits per heavy atom. The predicted molar refractivity (Wildman–Crippen MR) is 106 cm³/mol. The number of benzene rings is 2. The molecule has 0 N–H and O–H groups in total. The lowest BCUT2D eigenvalue weighted by Crippen LogP contribution is -2.33. The van der Waals surface area contributed by atoms with E-state index in [1.165, 1.54) is 12.1 Å². The number of hydrogen-bond acceptors (Lipinski definition) is 5. The zero-order valence-electron chi connectivity index (χ0n) is 15.7. The van der Waals surface area contributed by atoms with Crippen LogP contribution in [0.15, 0.2) is 83.7 Å². The van der Waals surface area contributed by atoms with E-state index < -0.39 is 4.92 Å². The quantitative estimate of drug-likeness (QED) is 0.280. The van der Waals surface area contributed by atoms with Gasteiger partial charge in [0.1, 0.15) is 11.3 Å². The van der Waals surface area contributed by atoms with Crippen molar-refractivity contribution in [3.8, 4) is 28.5 Å². The third-order valence-electron chi connectivity index (χ3n) is 4.50. The maximum Gasteiger partial charge on any atom is 0.269 e. The highest BCUT2D eigenvalue weighted by molar-refractivity contribution is 5.61. The first kappa shape index (κ1) is 18.4. The van der Waals surface area contributed by atoms with E-state index in [9.17, 15) is 10.1 Å². The third-order valence-corrected chi connectivity index (χ3v) is 4.50. The molecule has 2 aromatic carbocycles. The Labute approximate surface area is 167 Å². The summed E-state index contributed by atoms with van der Waals surface area (Å²) in [6, 6.07) is 18.0. The van der Waals surface area contributed by atoms with E-state index in [4.69, 9.17) is 9.15 Å². The Morgan fingerprint density at radius 3 is 2.52 bits per heavy atom. The number of rotatable bonds is 6. The van der Waals surface area contributed by atoms with Gasteiger partial charge in [0, 0.05) is 29.3 Å². The van der Waals surface area contributed by atoms with E-state index >= 15 is 0 Å². The number of pyridine rings is 1. The van der Waals surface area contributed by atoms with Crippen molar-refractivity contribution >= 4 is 5.69 Å². The molecule has 0 radical (unpaired) electrons. The Hall–Kier alpha value is -4.00. The fourth-order valence-corrected chi connectivity index (χ4v) is 2.98. The largest absolute Gasteiger partial charge is 0.497 e. The topological polar surface area (TPSA) is 82.3 Å². The first-order valence-electron chi connectivity index (χ1n) is 8.95. The van der Waals surface area contributed by atoms with Crippen LogP contribution in [0.25, 0.3) is 22.8 Å². The molecule has 144 valence electrons. The molecule has 29 heavy (non-hydrogen) atoms. The van der Waals surface area contributed by atoms with Crippen molar-refractivity contribution in [3.63, 3.8) is 0 Å². The summed E-state index contributed by atoms with van der Waals surface area (Å²) in [4.78, 5) is 14.8. The zero-order valence-corrected chi connectivity index (χ0v) is 15.7. The van der Waals surface area contributed by atoms with Gasteiger partial charge in [-0.2, -0.15) is 4.57 Å². The molecule has 4 aromatic rings. The van der Waals surface area contributed by atoms with Gasteiger partial charge in [-0.3, -0.25) is 10.1 Å². The summed E-state index contributed by atoms with van der Waals surface area (Å²) < 4.78 is 13.1. The number of oxazole rings is 1. The van der Waals surface area contributed by atoms with E-state index in [1.807, 2.05) is 53.4 Å². The average Bonchev–Trinajstić information content (AvgIpc) is 3.25. The minimum absolute atomic E-state index is 0.0818. The summed E-state index contributed by atoms with van der Waals surface area (Å²) >= 11 is 0. The molecule has 0 unspecified atom stereocenters. The van der Waals surface area contributed by atoms with Gasteiger partial charge in [-0.1, -0.05) is 0 Å². The number of nitro benzene ring substituents is 1. The molecule has 0 aliphatic rings. The summed E-state index contributed by atoms with van der Waals surface area (Å²) in [7, 11) is 1.63. The highest BCUT2D eigenvalue weighted by Gasteiger charge is 2.13. The molecule has 0 atom stereocenters. The van der Waals surface area contributed by atoms with E-state index in [-0.39, 0.29) is 5.69 Å². The second-order valence-electron chi connectivity index (χ2n) is 6.45. The lowest BCUT2D eigenvalue weighted by molar-refractivity contribution is -0.687. The Kier molecular flexibility index (Phi) is 5.03. The lowest BCUT2D eigenvalue weighted by Gasteiger charge is -2.01. The first-order valence-corrected chi connectivity index (χ1v) is 8.95.